The standard InChI is InChI=1S/C20H22N4O5S/c1-12(24-30(28,29)17-7-4-15(5-8-17)21-13(2)25)20(27)22-16-6-9-18-14(11-16)3-10-19(26)23-18/h4-9,11-12,24H,3,10H2,1-2H3,(H,21,25)(H,22,27)(H,23,26)/t12-/m0/s1. The molecule has 1 atom stereocenters. The van der Waals surface area contributed by atoms with Gasteiger partial charge >= 0.3 is 0 Å². The third-order valence-corrected chi connectivity index (χ3v) is 6.04. The van der Waals surface area contributed by atoms with Crippen molar-refractivity contribution < 1.29 is 22.8 Å². The summed E-state index contributed by atoms with van der Waals surface area (Å²) in [4.78, 5) is 34.9. The lowest BCUT2D eigenvalue weighted by molar-refractivity contribution is -0.117. The highest BCUT2D eigenvalue weighted by Gasteiger charge is 2.23. The number of hydrogen-bond donors (Lipinski definition) is 4. The van der Waals surface area contributed by atoms with Crippen LogP contribution in [0.3, 0.4) is 0 Å². The molecule has 158 valence electrons. The molecule has 9 nitrogen and oxygen atoms in total. The molecule has 0 bridgehead atoms. The minimum Gasteiger partial charge on any atom is -0.326 e. The van der Waals surface area contributed by atoms with Gasteiger partial charge in [-0.1, -0.05) is 0 Å². The number of rotatable bonds is 6. The lowest BCUT2D eigenvalue weighted by atomic mass is 10.0. The van der Waals surface area contributed by atoms with E-state index in [2.05, 4.69) is 20.7 Å². The Labute approximate surface area is 174 Å². The monoisotopic (exact) mass is 430 g/mol. The largest absolute Gasteiger partial charge is 0.326 e. The molecule has 30 heavy (non-hydrogen) atoms. The van der Waals surface area contributed by atoms with Crippen LogP contribution in [0.1, 0.15) is 25.8 Å². The fourth-order valence-corrected chi connectivity index (χ4v) is 4.19. The van der Waals surface area contributed by atoms with Crippen molar-refractivity contribution in [2.24, 2.45) is 0 Å². The van der Waals surface area contributed by atoms with Crippen molar-refractivity contribution in [3.63, 3.8) is 0 Å². The molecule has 0 aromatic heterocycles. The smallest absolute Gasteiger partial charge is 0.242 e. The summed E-state index contributed by atoms with van der Waals surface area (Å²) < 4.78 is 27.4. The first kappa shape index (κ1) is 21.5. The number of amides is 3. The van der Waals surface area contributed by atoms with Crippen LogP contribution in [0.5, 0.6) is 0 Å². The van der Waals surface area contributed by atoms with Gasteiger partial charge in [0.2, 0.25) is 27.7 Å². The highest BCUT2D eigenvalue weighted by molar-refractivity contribution is 7.89. The molecule has 0 spiro atoms. The molecule has 3 rings (SSSR count). The molecular formula is C20H22N4O5S. The van der Waals surface area contributed by atoms with E-state index >= 15 is 0 Å². The minimum atomic E-state index is -3.93. The van der Waals surface area contributed by atoms with Gasteiger partial charge in [-0.25, -0.2) is 8.42 Å². The topological polar surface area (TPSA) is 133 Å². The first-order valence-corrected chi connectivity index (χ1v) is 10.8. The van der Waals surface area contributed by atoms with Gasteiger partial charge in [0.1, 0.15) is 0 Å². The molecular weight excluding hydrogens is 408 g/mol. The molecule has 3 amide bonds. The lowest BCUT2D eigenvalue weighted by Crippen LogP contribution is -2.41. The van der Waals surface area contributed by atoms with E-state index in [4.69, 9.17) is 0 Å². The molecule has 0 fully saturated rings. The molecule has 1 aliphatic rings. The maximum absolute atomic E-state index is 12.5. The molecule has 0 saturated heterocycles. The second kappa shape index (κ2) is 8.64. The van der Waals surface area contributed by atoms with E-state index in [0.717, 1.165) is 5.56 Å². The summed E-state index contributed by atoms with van der Waals surface area (Å²) in [7, 11) is -3.93. The summed E-state index contributed by atoms with van der Waals surface area (Å²) >= 11 is 0. The summed E-state index contributed by atoms with van der Waals surface area (Å²) in [5.74, 6) is -0.834. The van der Waals surface area contributed by atoms with Gasteiger partial charge in [-0.15, -0.1) is 0 Å². The van der Waals surface area contributed by atoms with Crippen molar-refractivity contribution in [1.29, 1.82) is 0 Å². The Morgan fingerprint density at radius 3 is 2.33 bits per heavy atom. The number of sulfonamides is 1. The highest BCUT2D eigenvalue weighted by atomic mass is 32.2. The quantitative estimate of drug-likeness (QED) is 0.555. The molecule has 0 radical (unpaired) electrons. The molecule has 0 aliphatic carbocycles. The Bertz CT molecular complexity index is 1100. The average molecular weight is 430 g/mol. The fourth-order valence-electron chi connectivity index (χ4n) is 2.99. The second-order valence-electron chi connectivity index (χ2n) is 6.96. The first-order chi connectivity index (χ1) is 14.1. The maximum atomic E-state index is 12.5. The SMILES string of the molecule is CC(=O)Nc1ccc(S(=O)(=O)N[C@@H](C)C(=O)Nc2ccc3c(c2)CCC(=O)N3)cc1. The fraction of sp³-hybridized carbons (Fsp3) is 0.250. The number of benzene rings is 2. The van der Waals surface area contributed by atoms with Gasteiger partial charge in [-0.2, -0.15) is 4.72 Å². The van der Waals surface area contributed by atoms with Crippen LogP contribution in [-0.4, -0.2) is 32.2 Å². The molecule has 2 aromatic rings. The van der Waals surface area contributed by atoms with E-state index in [1.165, 1.54) is 38.1 Å². The molecule has 1 heterocycles. The van der Waals surface area contributed by atoms with Gasteiger partial charge in [0.15, 0.2) is 0 Å². The summed E-state index contributed by atoms with van der Waals surface area (Å²) in [6.45, 7) is 2.79. The van der Waals surface area contributed by atoms with E-state index in [-0.39, 0.29) is 16.7 Å². The molecule has 10 heteroatoms. The van der Waals surface area contributed by atoms with Crippen molar-refractivity contribution in [2.75, 3.05) is 16.0 Å². The Morgan fingerprint density at radius 1 is 1.00 bits per heavy atom. The zero-order valence-electron chi connectivity index (χ0n) is 16.5. The van der Waals surface area contributed by atoms with Gasteiger partial charge < -0.3 is 16.0 Å². The third-order valence-electron chi connectivity index (χ3n) is 4.48. The number of aryl methyl sites for hydroxylation is 1. The Balaban J connectivity index is 1.64. The van der Waals surface area contributed by atoms with Crippen LogP contribution >= 0.6 is 0 Å². The summed E-state index contributed by atoms with van der Waals surface area (Å²) in [5, 5.41) is 7.99. The normalized spacial score (nSPS) is 14.3. The molecule has 1 aliphatic heterocycles. The molecule has 0 unspecified atom stereocenters. The van der Waals surface area contributed by atoms with E-state index in [1.54, 1.807) is 18.2 Å². The summed E-state index contributed by atoms with van der Waals surface area (Å²) in [6.07, 6.45) is 0.947. The highest BCUT2D eigenvalue weighted by Crippen LogP contribution is 2.25. The summed E-state index contributed by atoms with van der Waals surface area (Å²) in [6, 6.07) is 9.69. The van der Waals surface area contributed by atoms with Gasteiger partial charge in [0, 0.05) is 30.4 Å². The maximum Gasteiger partial charge on any atom is 0.242 e. The number of anilines is 3. The number of fused-ring (bicyclic) bond motifs is 1. The number of carbonyl (C=O) groups is 3. The van der Waals surface area contributed by atoms with Crippen molar-refractivity contribution in [3.05, 3.63) is 48.0 Å². The van der Waals surface area contributed by atoms with Gasteiger partial charge in [-0.05, 0) is 61.4 Å². The van der Waals surface area contributed by atoms with E-state index in [9.17, 15) is 22.8 Å². The van der Waals surface area contributed by atoms with E-state index < -0.39 is 22.0 Å². The van der Waals surface area contributed by atoms with Gasteiger partial charge in [0.05, 0.1) is 10.9 Å². The minimum absolute atomic E-state index is 0.0271. The Kier molecular flexibility index (Phi) is 6.18. The summed E-state index contributed by atoms with van der Waals surface area (Å²) in [5.41, 5.74) is 2.59. The van der Waals surface area contributed by atoms with Crippen molar-refractivity contribution in [2.45, 2.75) is 37.6 Å². The van der Waals surface area contributed by atoms with E-state index in [1.807, 2.05) is 0 Å². The molecule has 0 saturated carbocycles. The van der Waals surface area contributed by atoms with Crippen LogP contribution in [-0.2, 0) is 30.8 Å². The third kappa shape index (κ3) is 5.22. The lowest BCUT2D eigenvalue weighted by Gasteiger charge is -2.19. The molecule has 2 aromatic carbocycles. The second-order valence-corrected chi connectivity index (χ2v) is 8.67. The first-order valence-electron chi connectivity index (χ1n) is 9.28. The van der Waals surface area contributed by atoms with Gasteiger partial charge in [-0.3, -0.25) is 14.4 Å². The van der Waals surface area contributed by atoms with Crippen LogP contribution < -0.4 is 20.7 Å². The van der Waals surface area contributed by atoms with Crippen molar-refractivity contribution in [1.82, 2.24) is 4.72 Å². The predicted octanol–water partition coefficient (Wildman–Crippen LogP) is 1.84. The van der Waals surface area contributed by atoms with Crippen molar-refractivity contribution >= 4 is 44.8 Å². The number of hydrogen-bond acceptors (Lipinski definition) is 5. The van der Waals surface area contributed by atoms with Crippen LogP contribution in [0.2, 0.25) is 0 Å². The van der Waals surface area contributed by atoms with E-state index in [0.29, 0.717) is 29.9 Å². The predicted molar refractivity (Wildman–Crippen MR) is 113 cm³/mol. The van der Waals surface area contributed by atoms with Crippen LogP contribution in [0, 0.1) is 0 Å². The van der Waals surface area contributed by atoms with Gasteiger partial charge in [0.25, 0.3) is 0 Å². The number of nitrogens with one attached hydrogen (secondary N) is 4. The van der Waals surface area contributed by atoms with Crippen LogP contribution in [0.25, 0.3) is 0 Å². The van der Waals surface area contributed by atoms with Crippen LogP contribution in [0.4, 0.5) is 17.1 Å². The average Bonchev–Trinajstić information content (AvgIpc) is 2.67. The van der Waals surface area contributed by atoms with Crippen molar-refractivity contribution in [3.8, 4) is 0 Å². The molecule has 4 N–H and O–H groups in total. The zero-order chi connectivity index (χ0) is 21.9. The Morgan fingerprint density at radius 2 is 1.67 bits per heavy atom. The number of carbonyl (C=O) groups excluding carboxylic acids is 3. The Hall–Kier alpha value is -3.24. The van der Waals surface area contributed by atoms with Crippen LogP contribution in [0.15, 0.2) is 47.4 Å². The zero-order valence-corrected chi connectivity index (χ0v) is 17.3.